The average Bonchev–Trinajstić information content (AvgIpc) is 2.39. The quantitative estimate of drug-likeness (QED) is 0.262. The maximum absolute atomic E-state index is 11.6. The van der Waals surface area contributed by atoms with Crippen LogP contribution in [0.3, 0.4) is 0 Å². The molecule has 20 heavy (non-hydrogen) atoms. The monoisotopic (exact) mass is 281 g/mol. The van der Waals surface area contributed by atoms with E-state index in [0.29, 0.717) is 18.9 Å². The van der Waals surface area contributed by atoms with E-state index >= 15 is 0 Å². The van der Waals surface area contributed by atoms with Crippen LogP contribution >= 0.6 is 0 Å². The lowest BCUT2D eigenvalue weighted by Crippen LogP contribution is -2.39. The SMILES string of the molecule is CC(C)C[C@H](N)C(=O)NC=CCCCCCCN=[N+]=[N-]. The van der Waals surface area contributed by atoms with Gasteiger partial charge in [-0.2, -0.15) is 0 Å². The number of hydrogen-bond donors (Lipinski definition) is 2. The number of nitrogens with one attached hydrogen (secondary N) is 1. The molecule has 0 aromatic carbocycles. The molecule has 0 fully saturated rings. The van der Waals surface area contributed by atoms with Crippen molar-refractivity contribution in [3.05, 3.63) is 22.7 Å². The summed E-state index contributed by atoms with van der Waals surface area (Å²) in [6, 6.07) is -0.430. The first kappa shape index (κ1) is 18.5. The second kappa shape index (κ2) is 12.5. The Morgan fingerprint density at radius 2 is 2.05 bits per heavy atom. The van der Waals surface area contributed by atoms with E-state index in [4.69, 9.17) is 11.3 Å². The van der Waals surface area contributed by atoms with Crippen LogP contribution in [0, 0.1) is 5.92 Å². The Balaban J connectivity index is 3.52. The molecule has 0 bridgehead atoms. The second-order valence-corrected chi connectivity index (χ2v) is 5.30. The first-order valence-corrected chi connectivity index (χ1v) is 7.29. The highest BCUT2D eigenvalue weighted by Gasteiger charge is 2.12. The van der Waals surface area contributed by atoms with Crippen molar-refractivity contribution in [2.24, 2.45) is 16.8 Å². The van der Waals surface area contributed by atoms with Crippen LogP contribution < -0.4 is 11.1 Å². The lowest BCUT2D eigenvalue weighted by Gasteiger charge is -2.12. The van der Waals surface area contributed by atoms with Gasteiger partial charge in [0.15, 0.2) is 0 Å². The number of carbonyl (C=O) groups is 1. The Hall–Kier alpha value is -1.52. The highest BCUT2D eigenvalue weighted by atomic mass is 16.2. The second-order valence-electron chi connectivity index (χ2n) is 5.30. The zero-order chi connectivity index (χ0) is 15.2. The molecule has 1 atom stereocenters. The van der Waals surface area contributed by atoms with Gasteiger partial charge >= 0.3 is 0 Å². The zero-order valence-electron chi connectivity index (χ0n) is 12.6. The van der Waals surface area contributed by atoms with Crippen LogP contribution in [0.15, 0.2) is 17.4 Å². The van der Waals surface area contributed by atoms with E-state index in [-0.39, 0.29) is 5.91 Å². The Labute approximate surface area is 121 Å². The number of amides is 1. The number of rotatable bonds is 11. The van der Waals surface area contributed by atoms with Crippen LogP contribution in [0.25, 0.3) is 10.4 Å². The van der Waals surface area contributed by atoms with Crippen LogP contribution in [0.2, 0.25) is 0 Å². The smallest absolute Gasteiger partial charge is 0.240 e. The molecule has 0 radical (unpaired) electrons. The number of allylic oxidation sites excluding steroid dienone is 1. The van der Waals surface area contributed by atoms with Gasteiger partial charge in [0, 0.05) is 11.5 Å². The first-order valence-electron chi connectivity index (χ1n) is 7.29. The van der Waals surface area contributed by atoms with Crippen LogP contribution in [-0.4, -0.2) is 18.5 Å². The minimum Gasteiger partial charge on any atom is -0.332 e. The van der Waals surface area contributed by atoms with Crippen molar-refractivity contribution in [2.45, 2.75) is 58.4 Å². The molecule has 0 aliphatic rings. The number of hydrogen-bond acceptors (Lipinski definition) is 3. The molecule has 0 saturated heterocycles. The maximum Gasteiger partial charge on any atom is 0.240 e. The Bertz CT molecular complexity index is 334. The molecule has 0 aliphatic carbocycles. The molecule has 0 aliphatic heterocycles. The molecule has 6 nitrogen and oxygen atoms in total. The van der Waals surface area contributed by atoms with Gasteiger partial charge in [0.2, 0.25) is 5.91 Å². The van der Waals surface area contributed by atoms with Crippen molar-refractivity contribution in [1.82, 2.24) is 5.32 Å². The van der Waals surface area contributed by atoms with E-state index in [1.807, 2.05) is 19.9 Å². The lowest BCUT2D eigenvalue weighted by atomic mass is 10.0. The van der Waals surface area contributed by atoms with E-state index in [1.54, 1.807) is 6.20 Å². The van der Waals surface area contributed by atoms with Gasteiger partial charge in [0.05, 0.1) is 6.04 Å². The molecule has 114 valence electrons. The van der Waals surface area contributed by atoms with Crippen molar-refractivity contribution in [3.8, 4) is 0 Å². The molecule has 0 heterocycles. The number of azide groups is 1. The van der Waals surface area contributed by atoms with Gasteiger partial charge in [-0.25, -0.2) is 0 Å². The molecule has 1 amide bonds. The largest absolute Gasteiger partial charge is 0.332 e. The zero-order valence-corrected chi connectivity index (χ0v) is 12.6. The summed E-state index contributed by atoms with van der Waals surface area (Å²) in [5, 5.41) is 6.19. The van der Waals surface area contributed by atoms with Gasteiger partial charge in [0.1, 0.15) is 0 Å². The van der Waals surface area contributed by atoms with Gasteiger partial charge in [-0.15, -0.1) is 0 Å². The van der Waals surface area contributed by atoms with Gasteiger partial charge in [-0.3, -0.25) is 4.79 Å². The third kappa shape index (κ3) is 11.6. The summed E-state index contributed by atoms with van der Waals surface area (Å²) in [6.07, 6.45) is 9.45. The first-order chi connectivity index (χ1) is 9.57. The lowest BCUT2D eigenvalue weighted by molar-refractivity contribution is -0.121. The van der Waals surface area contributed by atoms with Crippen molar-refractivity contribution in [3.63, 3.8) is 0 Å². The molecule has 0 spiro atoms. The summed E-state index contributed by atoms with van der Waals surface area (Å²) in [6.45, 7) is 4.67. The topological polar surface area (TPSA) is 104 Å². The normalized spacial score (nSPS) is 12.4. The Morgan fingerprint density at radius 3 is 2.70 bits per heavy atom. The summed E-state index contributed by atoms with van der Waals surface area (Å²) >= 11 is 0. The molecule has 0 saturated carbocycles. The standard InChI is InChI=1S/C14H27N5O/c1-12(2)11-13(15)14(20)17-9-7-5-3-4-6-8-10-18-19-16/h7,9,12-13H,3-6,8,10-11,15H2,1-2H3,(H,17,20)/t13-/m0/s1. The molecule has 0 unspecified atom stereocenters. The number of nitrogens with two attached hydrogens (primary N) is 1. The summed E-state index contributed by atoms with van der Waals surface area (Å²) in [5.41, 5.74) is 13.9. The average molecular weight is 281 g/mol. The minimum atomic E-state index is -0.430. The molecule has 6 heteroatoms. The minimum absolute atomic E-state index is 0.121. The van der Waals surface area contributed by atoms with Gasteiger partial charge < -0.3 is 11.1 Å². The van der Waals surface area contributed by atoms with Crippen LogP contribution in [0.1, 0.15) is 52.4 Å². The molecule has 0 aromatic heterocycles. The Morgan fingerprint density at radius 1 is 1.35 bits per heavy atom. The number of unbranched alkanes of at least 4 members (excludes halogenated alkanes) is 4. The van der Waals surface area contributed by atoms with E-state index in [9.17, 15) is 4.79 Å². The fourth-order valence-electron chi connectivity index (χ4n) is 1.79. The van der Waals surface area contributed by atoms with Crippen molar-refractivity contribution in [2.75, 3.05) is 6.54 Å². The molecule has 3 N–H and O–H groups in total. The predicted octanol–water partition coefficient (Wildman–Crippen LogP) is 3.25. The number of carbonyl (C=O) groups excluding carboxylic acids is 1. The fourth-order valence-corrected chi connectivity index (χ4v) is 1.79. The fraction of sp³-hybridized carbons (Fsp3) is 0.786. The Kier molecular flexibility index (Phi) is 11.6. The van der Waals surface area contributed by atoms with Crippen LogP contribution in [0.5, 0.6) is 0 Å². The number of nitrogens with zero attached hydrogens (tertiary/aromatic N) is 3. The van der Waals surface area contributed by atoms with Crippen LogP contribution in [-0.2, 0) is 4.79 Å². The van der Waals surface area contributed by atoms with Crippen molar-refractivity contribution < 1.29 is 4.79 Å². The van der Waals surface area contributed by atoms with Crippen molar-refractivity contribution >= 4 is 5.91 Å². The predicted molar refractivity (Wildman–Crippen MR) is 81.8 cm³/mol. The van der Waals surface area contributed by atoms with Gasteiger partial charge in [-0.05, 0) is 43.3 Å². The highest BCUT2D eigenvalue weighted by Crippen LogP contribution is 2.04. The summed E-state index contributed by atoms with van der Waals surface area (Å²) < 4.78 is 0. The summed E-state index contributed by atoms with van der Waals surface area (Å²) in [4.78, 5) is 14.3. The molecule has 0 aromatic rings. The van der Waals surface area contributed by atoms with Crippen molar-refractivity contribution in [1.29, 1.82) is 0 Å². The van der Waals surface area contributed by atoms with E-state index < -0.39 is 6.04 Å². The molecular weight excluding hydrogens is 254 g/mol. The summed E-state index contributed by atoms with van der Waals surface area (Å²) in [5.74, 6) is 0.300. The highest BCUT2D eigenvalue weighted by molar-refractivity contribution is 5.82. The van der Waals surface area contributed by atoms with Gasteiger partial charge in [-0.1, -0.05) is 37.9 Å². The van der Waals surface area contributed by atoms with E-state index in [2.05, 4.69) is 15.3 Å². The van der Waals surface area contributed by atoms with E-state index in [1.165, 1.54) is 0 Å². The molecular formula is C14H27N5O. The third-order valence-corrected chi connectivity index (χ3v) is 2.85. The third-order valence-electron chi connectivity index (χ3n) is 2.85. The van der Waals surface area contributed by atoms with Gasteiger partial charge in [0.25, 0.3) is 0 Å². The van der Waals surface area contributed by atoms with Crippen LogP contribution in [0.4, 0.5) is 0 Å². The summed E-state index contributed by atoms with van der Waals surface area (Å²) in [7, 11) is 0. The molecule has 0 rings (SSSR count). The maximum atomic E-state index is 11.6. The van der Waals surface area contributed by atoms with E-state index in [0.717, 1.165) is 32.1 Å².